The molecule has 1 spiro atoms. The van der Waals surface area contributed by atoms with Crippen LogP contribution < -0.4 is 0 Å². The first kappa shape index (κ1) is 11.4. The predicted octanol–water partition coefficient (Wildman–Crippen LogP) is 2.68. The monoisotopic (exact) mass is 211 g/mol. The Balaban J connectivity index is 1.93. The lowest BCUT2D eigenvalue weighted by Gasteiger charge is -2.40. The van der Waals surface area contributed by atoms with Gasteiger partial charge < -0.3 is 9.64 Å². The molecule has 15 heavy (non-hydrogen) atoms. The fraction of sp³-hybridized carbons (Fsp3) is 1.00. The van der Waals surface area contributed by atoms with Crippen molar-refractivity contribution in [2.24, 2.45) is 5.41 Å². The Hall–Kier alpha value is -0.0800. The van der Waals surface area contributed by atoms with Crippen molar-refractivity contribution in [3.05, 3.63) is 0 Å². The predicted molar refractivity (Wildman–Crippen MR) is 63.0 cm³/mol. The Bertz CT molecular complexity index is 227. The molecule has 0 aromatic carbocycles. The van der Waals surface area contributed by atoms with E-state index in [-0.39, 0.29) is 5.60 Å². The third-order valence-electron chi connectivity index (χ3n) is 4.16. The summed E-state index contributed by atoms with van der Waals surface area (Å²) in [5.41, 5.74) is 0.634. The molecule has 2 rings (SSSR count). The zero-order valence-corrected chi connectivity index (χ0v) is 10.7. The van der Waals surface area contributed by atoms with E-state index in [4.69, 9.17) is 4.74 Å². The van der Waals surface area contributed by atoms with Crippen LogP contribution in [0.4, 0.5) is 0 Å². The van der Waals surface area contributed by atoms with Crippen LogP contribution in [0.3, 0.4) is 0 Å². The summed E-state index contributed by atoms with van der Waals surface area (Å²) in [4.78, 5) is 2.59. The summed E-state index contributed by atoms with van der Waals surface area (Å²) in [7, 11) is 0. The molecular formula is C13H25NO. The number of piperidine rings is 1. The molecule has 0 amide bonds. The van der Waals surface area contributed by atoms with Gasteiger partial charge in [-0.15, -0.1) is 0 Å². The number of ether oxygens (including phenoxy) is 1. The van der Waals surface area contributed by atoms with Gasteiger partial charge in [-0.2, -0.15) is 0 Å². The number of likely N-dealkylation sites (tertiary alicyclic amines) is 1. The van der Waals surface area contributed by atoms with Gasteiger partial charge in [0.25, 0.3) is 0 Å². The molecule has 0 aliphatic carbocycles. The van der Waals surface area contributed by atoms with E-state index in [9.17, 15) is 0 Å². The SMILES string of the molecule is CC(C)N1CCC2(CC1)COC(C)(C)C2. The fourth-order valence-corrected chi connectivity index (χ4v) is 3.19. The van der Waals surface area contributed by atoms with Crippen molar-refractivity contribution in [2.45, 2.75) is 58.6 Å². The first-order valence-corrected chi connectivity index (χ1v) is 6.31. The molecule has 2 heteroatoms. The first-order chi connectivity index (χ1) is 6.93. The molecule has 2 aliphatic heterocycles. The third-order valence-corrected chi connectivity index (χ3v) is 4.16. The van der Waals surface area contributed by atoms with E-state index in [1.54, 1.807) is 0 Å². The van der Waals surface area contributed by atoms with Gasteiger partial charge in [0.05, 0.1) is 12.2 Å². The smallest absolute Gasteiger partial charge is 0.0633 e. The fourth-order valence-electron chi connectivity index (χ4n) is 3.19. The van der Waals surface area contributed by atoms with Gasteiger partial charge in [-0.1, -0.05) is 0 Å². The van der Waals surface area contributed by atoms with Crippen LogP contribution in [0, 0.1) is 5.41 Å². The van der Waals surface area contributed by atoms with Gasteiger partial charge in [0.15, 0.2) is 0 Å². The Kier molecular flexibility index (Phi) is 2.85. The number of hydrogen-bond donors (Lipinski definition) is 0. The molecule has 0 atom stereocenters. The van der Waals surface area contributed by atoms with E-state index in [1.165, 1.54) is 32.4 Å². The van der Waals surface area contributed by atoms with E-state index in [1.807, 2.05) is 0 Å². The van der Waals surface area contributed by atoms with Crippen molar-refractivity contribution in [3.8, 4) is 0 Å². The Morgan fingerprint density at radius 1 is 1.13 bits per heavy atom. The maximum absolute atomic E-state index is 5.91. The molecule has 0 unspecified atom stereocenters. The van der Waals surface area contributed by atoms with E-state index < -0.39 is 0 Å². The van der Waals surface area contributed by atoms with Crippen LogP contribution in [-0.2, 0) is 4.74 Å². The molecule has 88 valence electrons. The van der Waals surface area contributed by atoms with Gasteiger partial charge in [0, 0.05) is 6.04 Å². The number of rotatable bonds is 1. The Labute approximate surface area is 94.0 Å². The van der Waals surface area contributed by atoms with Crippen LogP contribution in [0.15, 0.2) is 0 Å². The van der Waals surface area contributed by atoms with Crippen LogP contribution in [0.5, 0.6) is 0 Å². The molecule has 2 heterocycles. The summed E-state index contributed by atoms with van der Waals surface area (Å²) in [5.74, 6) is 0. The van der Waals surface area contributed by atoms with Crippen molar-refractivity contribution in [2.75, 3.05) is 19.7 Å². The lowest BCUT2D eigenvalue weighted by atomic mass is 9.74. The molecular weight excluding hydrogens is 186 g/mol. The minimum Gasteiger partial charge on any atom is -0.375 e. The lowest BCUT2D eigenvalue weighted by Crippen LogP contribution is -2.43. The quantitative estimate of drug-likeness (QED) is 0.661. The summed E-state index contributed by atoms with van der Waals surface area (Å²) < 4.78 is 5.91. The molecule has 2 saturated heterocycles. The number of nitrogens with zero attached hydrogens (tertiary/aromatic N) is 1. The van der Waals surface area contributed by atoms with Crippen LogP contribution in [0.25, 0.3) is 0 Å². The summed E-state index contributed by atoms with van der Waals surface area (Å²) >= 11 is 0. The average molecular weight is 211 g/mol. The largest absolute Gasteiger partial charge is 0.375 e. The Morgan fingerprint density at radius 3 is 2.13 bits per heavy atom. The summed E-state index contributed by atoms with van der Waals surface area (Å²) in [6.45, 7) is 12.6. The second-order valence-electron chi connectivity index (χ2n) is 6.35. The van der Waals surface area contributed by atoms with Crippen molar-refractivity contribution < 1.29 is 4.74 Å². The Morgan fingerprint density at radius 2 is 1.73 bits per heavy atom. The van der Waals surface area contributed by atoms with Gasteiger partial charge in [0.1, 0.15) is 0 Å². The van der Waals surface area contributed by atoms with E-state index in [2.05, 4.69) is 32.6 Å². The minimum atomic E-state index is 0.125. The number of hydrogen-bond acceptors (Lipinski definition) is 2. The van der Waals surface area contributed by atoms with E-state index in [0.717, 1.165) is 6.61 Å². The molecule has 2 fully saturated rings. The molecule has 2 aliphatic rings. The van der Waals surface area contributed by atoms with Gasteiger partial charge in [-0.05, 0) is 65.5 Å². The molecule has 2 nitrogen and oxygen atoms in total. The summed E-state index contributed by atoms with van der Waals surface area (Å²) in [5, 5.41) is 0. The van der Waals surface area contributed by atoms with Crippen molar-refractivity contribution in [1.29, 1.82) is 0 Å². The summed E-state index contributed by atoms with van der Waals surface area (Å²) in [6, 6.07) is 0.706. The van der Waals surface area contributed by atoms with Crippen LogP contribution >= 0.6 is 0 Å². The van der Waals surface area contributed by atoms with Crippen molar-refractivity contribution in [3.63, 3.8) is 0 Å². The van der Waals surface area contributed by atoms with Gasteiger partial charge in [-0.3, -0.25) is 0 Å². The van der Waals surface area contributed by atoms with E-state index in [0.29, 0.717) is 11.5 Å². The van der Waals surface area contributed by atoms with Gasteiger partial charge in [-0.25, -0.2) is 0 Å². The maximum Gasteiger partial charge on any atom is 0.0633 e. The van der Waals surface area contributed by atoms with Crippen LogP contribution in [0.2, 0.25) is 0 Å². The zero-order chi connectivity index (χ0) is 11.1. The standard InChI is InChI=1S/C13H25NO/c1-11(2)14-7-5-13(6-8-14)9-12(3,4)15-10-13/h11H,5-10H2,1-4H3. The van der Waals surface area contributed by atoms with Gasteiger partial charge >= 0.3 is 0 Å². The second-order valence-corrected chi connectivity index (χ2v) is 6.35. The van der Waals surface area contributed by atoms with Gasteiger partial charge in [0.2, 0.25) is 0 Å². The molecule has 0 saturated carbocycles. The van der Waals surface area contributed by atoms with Crippen molar-refractivity contribution in [1.82, 2.24) is 4.90 Å². The highest BCUT2D eigenvalue weighted by Gasteiger charge is 2.45. The average Bonchev–Trinajstić information content (AvgIpc) is 2.43. The van der Waals surface area contributed by atoms with E-state index >= 15 is 0 Å². The highest BCUT2D eigenvalue weighted by molar-refractivity contribution is 4.96. The molecule has 0 aromatic rings. The second kappa shape index (κ2) is 3.74. The third kappa shape index (κ3) is 2.36. The molecule has 0 N–H and O–H groups in total. The zero-order valence-electron chi connectivity index (χ0n) is 10.7. The molecule has 0 aromatic heterocycles. The maximum atomic E-state index is 5.91. The van der Waals surface area contributed by atoms with Crippen LogP contribution in [0.1, 0.15) is 47.0 Å². The molecule has 0 bridgehead atoms. The lowest BCUT2D eigenvalue weighted by molar-refractivity contribution is 0.0227. The minimum absolute atomic E-state index is 0.125. The molecule has 0 radical (unpaired) electrons. The first-order valence-electron chi connectivity index (χ1n) is 6.31. The van der Waals surface area contributed by atoms with Crippen molar-refractivity contribution >= 4 is 0 Å². The topological polar surface area (TPSA) is 12.5 Å². The normalized spacial score (nSPS) is 30.2. The highest BCUT2D eigenvalue weighted by atomic mass is 16.5. The highest BCUT2D eigenvalue weighted by Crippen LogP contribution is 2.46. The van der Waals surface area contributed by atoms with Crippen LogP contribution in [-0.4, -0.2) is 36.2 Å². The summed E-state index contributed by atoms with van der Waals surface area (Å²) in [6.07, 6.45) is 3.91.